The lowest BCUT2D eigenvalue weighted by molar-refractivity contribution is 0.223. The zero-order valence-corrected chi connectivity index (χ0v) is 11.0. The third-order valence-electron chi connectivity index (χ3n) is 2.86. The maximum atomic E-state index is 10.3. The van der Waals surface area contributed by atoms with Crippen LogP contribution in [0.25, 0.3) is 0 Å². The van der Waals surface area contributed by atoms with Crippen molar-refractivity contribution in [2.75, 3.05) is 7.11 Å². The largest absolute Gasteiger partial charge is 0.497 e. The van der Waals surface area contributed by atoms with Crippen LogP contribution in [0.4, 0.5) is 0 Å². The van der Waals surface area contributed by atoms with Crippen LogP contribution < -0.4 is 4.74 Å². The predicted molar refractivity (Wildman–Crippen MR) is 70.8 cm³/mol. The van der Waals surface area contributed by atoms with Gasteiger partial charge >= 0.3 is 0 Å². The Bertz CT molecular complexity index is 497. The zero-order valence-electron chi connectivity index (χ0n) is 10.2. The average molecular weight is 248 g/mol. The molecule has 17 heavy (non-hydrogen) atoms. The number of methoxy groups -OCH3 is 1. The lowest BCUT2D eigenvalue weighted by Crippen LogP contribution is -1.97. The molecule has 0 aliphatic rings. The summed E-state index contributed by atoms with van der Waals surface area (Å²) in [6, 6.07) is 9.60. The summed E-state index contributed by atoms with van der Waals surface area (Å²) >= 11 is 1.64. The molecule has 0 radical (unpaired) electrons. The molecule has 1 aromatic carbocycles. The number of ether oxygens (including phenoxy) is 1. The molecule has 1 heterocycles. The molecule has 0 aliphatic heterocycles. The first-order valence-corrected chi connectivity index (χ1v) is 6.32. The van der Waals surface area contributed by atoms with Gasteiger partial charge in [0.2, 0.25) is 0 Å². The van der Waals surface area contributed by atoms with Crippen LogP contribution >= 0.6 is 11.3 Å². The number of thiophene rings is 1. The summed E-state index contributed by atoms with van der Waals surface area (Å²) in [6.07, 6.45) is -0.567. The van der Waals surface area contributed by atoms with Crippen LogP contribution in [0.5, 0.6) is 5.75 Å². The molecular formula is C14H16O2S. The van der Waals surface area contributed by atoms with Crippen molar-refractivity contribution in [2.24, 2.45) is 0 Å². The van der Waals surface area contributed by atoms with Crippen molar-refractivity contribution in [1.29, 1.82) is 0 Å². The van der Waals surface area contributed by atoms with Gasteiger partial charge in [0.25, 0.3) is 0 Å². The van der Waals surface area contributed by atoms with Crippen LogP contribution in [0.3, 0.4) is 0 Å². The summed E-state index contributed by atoms with van der Waals surface area (Å²) in [6.45, 7) is 4.13. The van der Waals surface area contributed by atoms with Crippen LogP contribution in [-0.2, 0) is 0 Å². The summed E-state index contributed by atoms with van der Waals surface area (Å²) in [7, 11) is 1.63. The summed E-state index contributed by atoms with van der Waals surface area (Å²) in [5.41, 5.74) is 2.09. The van der Waals surface area contributed by atoms with Gasteiger partial charge in [-0.3, -0.25) is 0 Å². The van der Waals surface area contributed by atoms with Crippen molar-refractivity contribution >= 4 is 11.3 Å². The highest BCUT2D eigenvalue weighted by Crippen LogP contribution is 2.31. The van der Waals surface area contributed by atoms with Crippen molar-refractivity contribution in [3.8, 4) is 5.75 Å². The van der Waals surface area contributed by atoms with E-state index in [0.717, 1.165) is 16.2 Å². The Kier molecular flexibility index (Phi) is 3.50. The van der Waals surface area contributed by atoms with E-state index in [2.05, 4.69) is 13.8 Å². The minimum Gasteiger partial charge on any atom is -0.497 e. The zero-order chi connectivity index (χ0) is 12.4. The quantitative estimate of drug-likeness (QED) is 0.901. The van der Waals surface area contributed by atoms with Gasteiger partial charge in [0.15, 0.2) is 0 Å². The molecule has 0 saturated heterocycles. The first-order chi connectivity index (χ1) is 8.11. The molecule has 1 atom stereocenters. The van der Waals surface area contributed by atoms with E-state index in [9.17, 15) is 5.11 Å². The van der Waals surface area contributed by atoms with E-state index in [4.69, 9.17) is 4.74 Å². The number of rotatable bonds is 3. The molecule has 90 valence electrons. The van der Waals surface area contributed by atoms with E-state index in [-0.39, 0.29) is 0 Å². The maximum Gasteiger partial charge on any atom is 0.119 e. The molecule has 2 nitrogen and oxygen atoms in total. The van der Waals surface area contributed by atoms with E-state index in [0.29, 0.717) is 0 Å². The Labute approximate surface area is 105 Å². The van der Waals surface area contributed by atoms with Crippen molar-refractivity contribution in [1.82, 2.24) is 0 Å². The van der Waals surface area contributed by atoms with Crippen molar-refractivity contribution in [2.45, 2.75) is 20.0 Å². The van der Waals surface area contributed by atoms with Crippen LogP contribution in [-0.4, -0.2) is 12.2 Å². The van der Waals surface area contributed by atoms with E-state index < -0.39 is 6.10 Å². The second kappa shape index (κ2) is 4.90. The fourth-order valence-electron chi connectivity index (χ4n) is 1.71. The lowest BCUT2D eigenvalue weighted by Gasteiger charge is -2.10. The SMILES string of the molecule is COc1cccc(C(O)c2cc(C)c(C)s2)c1. The van der Waals surface area contributed by atoms with Gasteiger partial charge in [-0.25, -0.2) is 0 Å². The molecule has 2 rings (SSSR count). The monoisotopic (exact) mass is 248 g/mol. The second-order valence-corrected chi connectivity index (χ2v) is 5.36. The highest BCUT2D eigenvalue weighted by Gasteiger charge is 2.14. The van der Waals surface area contributed by atoms with Crippen LogP contribution in [0.15, 0.2) is 30.3 Å². The fraction of sp³-hybridized carbons (Fsp3) is 0.286. The normalized spacial score (nSPS) is 12.5. The first kappa shape index (κ1) is 12.1. The highest BCUT2D eigenvalue weighted by molar-refractivity contribution is 7.12. The van der Waals surface area contributed by atoms with Gasteiger partial charge in [-0.05, 0) is 43.2 Å². The Hall–Kier alpha value is -1.32. The second-order valence-electron chi connectivity index (χ2n) is 4.07. The first-order valence-electron chi connectivity index (χ1n) is 5.50. The van der Waals surface area contributed by atoms with Crippen LogP contribution in [0.1, 0.15) is 27.0 Å². The number of benzene rings is 1. The molecule has 0 spiro atoms. The van der Waals surface area contributed by atoms with Gasteiger partial charge < -0.3 is 9.84 Å². The fourth-order valence-corrected chi connectivity index (χ4v) is 2.77. The minimum atomic E-state index is -0.567. The Morgan fingerprint density at radius 3 is 2.59 bits per heavy atom. The topological polar surface area (TPSA) is 29.5 Å². The number of aryl methyl sites for hydroxylation is 2. The Morgan fingerprint density at radius 1 is 1.24 bits per heavy atom. The molecule has 2 aromatic rings. The third kappa shape index (κ3) is 2.51. The molecule has 1 unspecified atom stereocenters. The Morgan fingerprint density at radius 2 is 2.00 bits per heavy atom. The molecular weight excluding hydrogens is 232 g/mol. The van der Waals surface area contributed by atoms with E-state index in [1.807, 2.05) is 30.3 Å². The molecule has 0 aliphatic carbocycles. The van der Waals surface area contributed by atoms with Crippen molar-refractivity contribution in [3.63, 3.8) is 0 Å². The van der Waals surface area contributed by atoms with Gasteiger partial charge in [-0.2, -0.15) is 0 Å². The van der Waals surface area contributed by atoms with Gasteiger partial charge in [0.05, 0.1) is 7.11 Å². The summed E-state index contributed by atoms with van der Waals surface area (Å²) in [5, 5.41) is 10.3. The maximum absolute atomic E-state index is 10.3. The number of aliphatic hydroxyl groups is 1. The van der Waals surface area contributed by atoms with E-state index in [1.54, 1.807) is 18.4 Å². The summed E-state index contributed by atoms with van der Waals surface area (Å²) in [5.74, 6) is 0.770. The minimum absolute atomic E-state index is 0.567. The van der Waals surface area contributed by atoms with Gasteiger partial charge in [-0.15, -0.1) is 11.3 Å². The molecule has 0 amide bonds. The van der Waals surface area contributed by atoms with Crippen molar-refractivity contribution in [3.05, 3.63) is 51.2 Å². The lowest BCUT2D eigenvalue weighted by atomic mass is 10.1. The van der Waals surface area contributed by atoms with Gasteiger partial charge in [-0.1, -0.05) is 12.1 Å². The molecule has 1 aromatic heterocycles. The van der Waals surface area contributed by atoms with E-state index in [1.165, 1.54) is 10.4 Å². The molecule has 1 N–H and O–H groups in total. The molecule has 0 saturated carbocycles. The number of aliphatic hydroxyl groups excluding tert-OH is 1. The smallest absolute Gasteiger partial charge is 0.119 e. The standard InChI is InChI=1S/C14H16O2S/c1-9-7-13(17-10(9)2)14(15)11-5-4-6-12(8-11)16-3/h4-8,14-15H,1-3H3. The van der Waals surface area contributed by atoms with Gasteiger partial charge in [0, 0.05) is 9.75 Å². The molecule has 0 fully saturated rings. The van der Waals surface area contributed by atoms with E-state index >= 15 is 0 Å². The third-order valence-corrected chi connectivity index (χ3v) is 4.07. The highest BCUT2D eigenvalue weighted by atomic mass is 32.1. The predicted octanol–water partition coefficient (Wildman–Crippen LogP) is 3.46. The van der Waals surface area contributed by atoms with Gasteiger partial charge in [0.1, 0.15) is 11.9 Å². The summed E-state index contributed by atoms with van der Waals surface area (Å²) in [4.78, 5) is 2.23. The molecule has 3 heteroatoms. The molecule has 0 bridgehead atoms. The van der Waals surface area contributed by atoms with Crippen LogP contribution in [0, 0.1) is 13.8 Å². The number of hydrogen-bond acceptors (Lipinski definition) is 3. The summed E-state index contributed by atoms with van der Waals surface area (Å²) < 4.78 is 5.16. The van der Waals surface area contributed by atoms with Crippen LogP contribution in [0.2, 0.25) is 0 Å². The number of hydrogen-bond donors (Lipinski definition) is 1. The van der Waals surface area contributed by atoms with Crippen molar-refractivity contribution < 1.29 is 9.84 Å². The average Bonchev–Trinajstić information content (AvgIpc) is 2.69. The Balaban J connectivity index is 2.32.